The van der Waals surface area contributed by atoms with Crippen LogP contribution in [0.3, 0.4) is 0 Å². The lowest BCUT2D eigenvalue weighted by molar-refractivity contribution is 0.0817. The van der Waals surface area contributed by atoms with Gasteiger partial charge in [-0.2, -0.15) is 0 Å². The lowest BCUT2D eigenvalue weighted by Gasteiger charge is -2.29. The van der Waals surface area contributed by atoms with Gasteiger partial charge in [0, 0.05) is 12.0 Å². The number of rotatable bonds is 4. The molecular weight excluding hydrogens is 400 g/mol. The number of aliphatic hydroxyl groups excluding tert-OH is 1. The second-order valence-electron chi connectivity index (χ2n) is 8.17. The Hall–Kier alpha value is -3.70. The third kappa shape index (κ3) is 3.72. The number of amides is 1. The number of allylic oxidation sites excluding steroid dienone is 1. The molecule has 5 nitrogen and oxygen atoms in total. The molecule has 5 heteroatoms. The van der Waals surface area contributed by atoms with E-state index in [2.05, 4.69) is 11.2 Å². The van der Waals surface area contributed by atoms with Crippen molar-refractivity contribution in [3.8, 4) is 0 Å². The summed E-state index contributed by atoms with van der Waals surface area (Å²) < 4.78 is 0. The van der Waals surface area contributed by atoms with Crippen LogP contribution in [-0.4, -0.2) is 29.4 Å². The molecule has 0 aliphatic carbocycles. The number of nitrogens with zero attached hydrogens (tertiary/aromatic N) is 2. The minimum Gasteiger partial charge on any atom is -0.392 e. The smallest absolute Gasteiger partial charge is 0.259 e. The van der Waals surface area contributed by atoms with Gasteiger partial charge in [-0.05, 0) is 53.0 Å². The Morgan fingerprint density at radius 2 is 1.72 bits per heavy atom. The zero-order chi connectivity index (χ0) is 22.1. The highest BCUT2D eigenvalue weighted by Crippen LogP contribution is 2.33. The fraction of sp³-hybridized carbons (Fsp3) is 0.185. The van der Waals surface area contributed by atoms with Gasteiger partial charge >= 0.3 is 0 Å². The topological polar surface area (TPSA) is 62.1 Å². The summed E-state index contributed by atoms with van der Waals surface area (Å²) in [5.74, 6) is -0.0372. The van der Waals surface area contributed by atoms with E-state index in [9.17, 15) is 9.90 Å². The lowest BCUT2D eigenvalue weighted by atomic mass is 9.94. The molecule has 0 bridgehead atoms. The van der Waals surface area contributed by atoms with Gasteiger partial charge in [-0.1, -0.05) is 65.8 Å². The number of hydrogen-bond donors (Lipinski definition) is 1. The molecule has 0 aromatic heterocycles. The molecule has 1 unspecified atom stereocenters. The average molecular weight is 425 g/mol. The number of aliphatic hydroxyl groups is 1. The van der Waals surface area contributed by atoms with Crippen LogP contribution in [0.15, 0.2) is 78.0 Å². The van der Waals surface area contributed by atoms with Crippen molar-refractivity contribution in [2.24, 2.45) is 5.16 Å². The molecule has 5 rings (SSSR count). The summed E-state index contributed by atoms with van der Waals surface area (Å²) in [7, 11) is 0. The number of para-hydroxylation sites is 1. The lowest BCUT2D eigenvalue weighted by Crippen LogP contribution is -2.39. The van der Waals surface area contributed by atoms with Crippen LogP contribution in [0.1, 0.15) is 46.0 Å². The van der Waals surface area contributed by atoms with Gasteiger partial charge in [0.05, 0.1) is 24.6 Å². The number of anilines is 1. The fourth-order valence-corrected chi connectivity index (χ4v) is 4.32. The molecule has 0 radical (unpaired) electrons. The van der Waals surface area contributed by atoms with Crippen molar-refractivity contribution >= 4 is 29.0 Å². The van der Waals surface area contributed by atoms with Crippen molar-refractivity contribution in [2.75, 3.05) is 11.4 Å². The van der Waals surface area contributed by atoms with Gasteiger partial charge in [0.15, 0.2) is 6.10 Å². The Morgan fingerprint density at radius 3 is 2.50 bits per heavy atom. The standard InChI is InChI=1S/C27H24N2O3/c1-18-14-21-6-2-5-9-26(21)29(27(31)24-8-4-3-7-23(18)24)16-22-15-25(28-32-22)20-12-10-19(17-30)11-13-20/h2-14,22,30H,15-17H2,1H3/b18-14-. The predicted octanol–water partition coefficient (Wildman–Crippen LogP) is 4.89. The van der Waals surface area contributed by atoms with Gasteiger partial charge in [-0.25, -0.2) is 0 Å². The molecule has 0 spiro atoms. The van der Waals surface area contributed by atoms with Crippen molar-refractivity contribution in [2.45, 2.75) is 26.1 Å². The average Bonchev–Trinajstić information content (AvgIpc) is 3.31. The van der Waals surface area contributed by atoms with E-state index in [1.807, 2.05) is 84.6 Å². The summed E-state index contributed by atoms with van der Waals surface area (Å²) in [6.07, 6.45) is 2.51. The SMILES string of the molecule is C/C1=C/c2ccccc2N(CC2CC(c3ccc(CO)cc3)=NO2)C(=O)c2ccccc21. The van der Waals surface area contributed by atoms with Gasteiger partial charge < -0.3 is 14.8 Å². The van der Waals surface area contributed by atoms with Crippen LogP contribution >= 0.6 is 0 Å². The van der Waals surface area contributed by atoms with Crippen LogP contribution in [0.5, 0.6) is 0 Å². The van der Waals surface area contributed by atoms with Crippen LogP contribution in [0, 0.1) is 0 Å². The number of benzene rings is 3. The van der Waals surface area contributed by atoms with E-state index in [1.165, 1.54) is 0 Å². The van der Waals surface area contributed by atoms with Crippen molar-refractivity contribution in [1.82, 2.24) is 0 Å². The van der Waals surface area contributed by atoms with E-state index in [0.29, 0.717) is 18.5 Å². The zero-order valence-electron chi connectivity index (χ0n) is 17.9. The highest BCUT2D eigenvalue weighted by Gasteiger charge is 2.30. The molecule has 1 amide bonds. The molecule has 1 N–H and O–H groups in total. The number of hydrogen-bond acceptors (Lipinski definition) is 4. The second kappa shape index (κ2) is 8.44. The molecule has 160 valence electrons. The summed E-state index contributed by atoms with van der Waals surface area (Å²) in [5.41, 5.74) is 7.25. The largest absolute Gasteiger partial charge is 0.392 e. The van der Waals surface area contributed by atoms with Crippen LogP contribution in [0.2, 0.25) is 0 Å². The Balaban J connectivity index is 1.44. The van der Waals surface area contributed by atoms with Crippen molar-refractivity contribution in [1.29, 1.82) is 0 Å². The van der Waals surface area contributed by atoms with Gasteiger partial charge in [0.1, 0.15) is 0 Å². The number of carbonyl (C=O) groups is 1. The molecule has 3 aromatic rings. The second-order valence-corrected chi connectivity index (χ2v) is 8.17. The van der Waals surface area contributed by atoms with Crippen LogP contribution < -0.4 is 4.90 Å². The summed E-state index contributed by atoms with van der Waals surface area (Å²) in [6, 6.07) is 23.4. The monoisotopic (exact) mass is 424 g/mol. The van der Waals surface area contributed by atoms with E-state index >= 15 is 0 Å². The maximum atomic E-state index is 13.7. The highest BCUT2D eigenvalue weighted by atomic mass is 16.6. The van der Waals surface area contributed by atoms with Gasteiger partial charge in [0.2, 0.25) is 0 Å². The molecule has 3 aromatic carbocycles. The Bertz CT molecular complexity index is 1230. The first-order valence-electron chi connectivity index (χ1n) is 10.8. The third-order valence-electron chi connectivity index (χ3n) is 6.02. The van der Waals surface area contributed by atoms with Crippen molar-refractivity contribution < 1.29 is 14.7 Å². The van der Waals surface area contributed by atoms with Crippen molar-refractivity contribution in [3.63, 3.8) is 0 Å². The quantitative estimate of drug-likeness (QED) is 0.648. The molecule has 1 atom stereocenters. The fourth-order valence-electron chi connectivity index (χ4n) is 4.32. The summed E-state index contributed by atoms with van der Waals surface area (Å²) >= 11 is 0. The summed E-state index contributed by atoms with van der Waals surface area (Å²) in [6.45, 7) is 2.46. The summed E-state index contributed by atoms with van der Waals surface area (Å²) in [4.78, 5) is 21.3. The summed E-state index contributed by atoms with van der Waals surface area (Å²) in [5, 5.41) is 13.5. The Morgan fingerprint density at radius 1 is 1.00 bits per heavy atom. The van der Waals surface area contributed by atoms with Crippen LogP contribution in [0.25, 0.3) is 11.6 Å². The number of fused-ring (bicyclic) bond motifs is 2. The van der Waals surface area contributed by atoms with E-state index in [-0.39, 0.29) is 18.6 Å². The third-order valence-corrected chi connectivity index (χ3v) is 6.02. The molecule has 2 aliphatic rings. The first kappa shape index (κ1) is 20.2. The van der Waals surface area contributed by atoms with E-state index in [4.69, 9.17) is 4.84 Å². The molecule has 0 fully saturated rings. The van der Waals surface area contributed by atoms with E-state index in [1.54, 1.807) is 0 Å². The first-order valence-corrected chi connectivity index (χ1v) is 10.8. The molecular formula is C27H24N2O3. The molecule has 0 saturated carbocycles. The molecule has 2 aliphatic heterocycles. The minimum absolute atomic E-state index is 0.0117. The number of oxime groups is 1. The van der Waals surface area contributed by atoms with Gasteiger partial charge in [-0.15, -0.1) is 0 Å². The first-order chi connectivity index (χ1) is 15.6. The highest BCUT2D eigenvalue weighted by molar-refractivity contribution is 6.12. The predicted molar refractivity (Wildman–Crippen MR) is 126 cm³/mol. The van der Waals surface area contributed by atoms with E-state index in [0.717, 1.165) is 39.2 Å². The zero-order valence-corrected chi connectivity index (χ0v) is 17.9. The normalized spacial score (nSPS) is 19.1. The van der Waals surface area contributed by atoms with Crippen LogP contribution in [-0.2, 0) is 11.4 Å². The van der Waals surface area contributed by atoms with E-state index < -0.39 is 0 Å². The molecule has 0 saturated heterocycles. The van der Waals surface area contributed by atoms with Crippen molar-refractivity contribution in [3.05, 3.63) is 101 Å². The molecule has 32 heavy (non-hydrogen) atoms. The van der Waals surface area contributed by atoms with Crippen LogP contribution in [0.4, 0.5) is 5.69 Å². The Kier molecular flexibility index (Phi) is 5.33. The van der Waals surface area contributed by atoms with Gasteiger partial charge in [0.25, 0.3) is 5.91 Å². The number of carbonyl (C=O) groups excluding carboxylic acids is 1. The maximum Gasteiger partial charge on any atom is 0.259 e. The van der Waals surface area contributed by atoms with Gasteiger partial charge in [-0.3, -0.25) is 4.79 Å². The minimum atomic E-state index is -0.240. The molecule has 2 heterocycles. The Labute approximate surface area is 187 Å². The maximum absolute atomic E-state index is 13.7.